The predicted octanol–water partition coefficient (Wildman–Crippen LogP) is 2.78. The van der Waals surface area contributed by atoms with Crippen molar-refractivity contribution in [2.75, 3.05) is 0 Å². The highest BCUT2D eigenvalue weighted by atomic mass is 16.7. The molecule has 132 valence electrons. The highest BCUT2D eigenvalue weighted by Crippen LogP contribution is 2.36. The van der Waals surface area contributed by atoms with E-state index in [1.54, 1.807) is 6.07 Å². The maximum Gasteiger partial charge on any atom is 0.364 e. The van der Waals surface area contributed by atoms with Gasteiger partial charge in [0.05, 0.1) is 12.0 Å². The van der Waals surface area contributed by atoms with Gasteiger partial charge in [0.1, 0.15) is 6.10 Å². The minimum Gasteiger partial charge on any atom is -0.383 e. The van der Waals surface area contributed by atoms with Gasteiger partial charge in [0, 0.05) is 0 Å². The van der Waals surface area contributed by atoms with Crippen LogP contribution in [0.4, 0.5) is 0 Å². The molecule has 1 aliphatic heterocycles. The molecule has 0 saturated carbocycles. The lowest BCUT2D eigenvalue weighted by atomic mass is 9.92. The van der Waals surface area contributed by atoms with Crippen LogP contribution < -0.4 is 0 Å². The van der Waals surface area contributed by atoms with E-state index in [2.05, 4.69) is 0 Å². The quantitative estimate of drug-likeness (QED) is 0.439. The van der Waals surface area contributed by atoms with Crippen LogP contribution in [-0.2, 0) is 14.4 Å². The minimum atomic E-state index is -1.47. The Morgan fingerprint density at radius 1 is 0.926 bits per heavy atom. The van der Waals surface area contributed by atoms with Gasteiger partial charge in [-0.15, -0.1) is 0 Å². The molecule has 0 radical (unpaired) electrons. The molecule has 1 N–H and O–H groups in total. The number of aliphatic hydroxyl groups is 1. The van der Waals surface area contributed by atoms with Gasteiger partial charge in [0.2, 0.25) is 0 Å². The monoisotopic (exact) mass is 359 g/mol. The Morgan fingerprint density at radius 2 is 1.56 bits per heavy atom. The molecular formula is C21H13NO5. The highest BCUT2D eigenvalue weighted by Gasteiger charge is 2.41. The van der Waals surface area contributed by atoms with Crippen molar-refractivity contribution in [3.63, 3.8) is 0 Å². The lowest BCUT2D eigenvalue weighted by Gasteiger charge is -2.16. The Morgan fingerprint density at radius 3 is 2.22 bits per heavy atom. The largest absolute Gasteiger partial charge is 0.383 e. The van der Waals surface area contributed by atoms with Crippen molar-refractivity contribution in [1.82, 2.24) is 5.06 Å². The molecule has 27 heavy (non-hydrogen) atoms. The SMILES string of the molecule is O=C(ON1C(=O)CC(O)C1=O)c1ccc2ccc3cccc4ccc1c2c34. The summed E-state index contributed by atoms with van der Waals surface area (Å²) in [5, 5.41) is 15.6. The summed E-state index contributed by atoms with van der Waals surface area (Å²) < 4.78 is 0. The molecule has 1 heterocycles. The Labute approximate surface area is 152 Å². The Balaban J connectivity index is 1.66. The summed E-state index contributed by atoms with van der Waals surface area (Å²) in [6, 6.07) is 17.2. The van der Waals surface area contributed by atoms with Crippen LogP contribution in [-0.4, -0.2) is 34.1 Å². The van der Waals surface area contributed by atoms with E-state index in [1.807, 2.05) is 48.5 Å². The first-order chi connectivity index (χ1) is 13.0. The van der Waals surface area contributed by atoms with Gasteiger partial charge in [0.25, 0.3) is 11.8 Å². The molecule has 0 spiro atoms. The second-order valence-corrected chi connectivity index (χ2v) is 6.59. The van der Waals surface area contributed by atoms with Crippen molar-refractivity contribution in [3.8, 4) is 0 Å². The summed E-state index contributed by atoms with van der Waals surface area (Å²) in [6.07, 6.45) is -1.85. The summed E-state index contributed by atoms with van der Waals surface area (Å²) in [6.45, 7) is 0. The fourth-order valence-corrected chi connectivity index (χ4v) is 3.74. The molecule has 1 saturated heterocycles. The van der Waals surface area contributed by atoms with E-state index >= 15 is 0 Å². The average molecular weight is 359 g/mol. The van der Waals surface area contributed by atoms with Crippen molar-refractivity contribution in [3.05, 3.63) is 60.2 Å². The molecule has 2 amide bonds. The molecule has 0 aromatic heterocycles. The zero-order chi connectivity index (χ0) is 18.7. The molecule has 4 aromatic rings. The van der Waals surface area contributed by atoms with Crippen LogP contribution in [0, 0.1) is 0 Å². The first-order valence-corrected chi connectivity index (χ1v) is 8.48. The maximum atomic E-state index is 12.7. The number of nitrogens with zero attached hydrogens (tertiary/aromatic N) is 1. The average Bonchev–Trinajstić information content (AvgIpc) is 2.92. The summed E-state index contributed by atoms with van der Waals surface area (Å²) in [7, 11) is 0. The molecule has 4 aromatic carbocycles. The van der Waals surface area contributed by atoms with Crippen LogP contribution in [0.5, 0.6) is 0 Å². The van der Waals surface area contributed by atoms with Crippen molar-refractivity contribution in [2.24, 2.45) is 0 Å². The maximum absolute atomic E-state index is 12.7. The number of carbonyl (C=O) groups excluding carboxylic acids is 3. The molecule has 1 unspecified atom stereocenters. The lowest BCUT2D eigenvalue weighted by molar-refractivity contribution is -0.174. The van der Waals surface area contributed by atoms with Crippen LogP contribution in [0.2, 0.25) is 0 Å². The van der Waals surface area contributed by atoms with E-state index < -0.39 is 23.9 Å². The van der Waals surface area contributed by atoms with Crippen LogP contribution in [0.25, 0.3) is 32.3 Å². The van der Waals surface area contributed by atoms with Gasteiger partial charge in [-0.1, -0.05) is 53.6 Å². The molecule has 1 atom stereocenters. The van der Waals surface area contributed by atoms with Crippen LogP contribution in [0.3, 0.4) is 0 Å². The first kappa shape index (κ1) is 15.7. The van der Waals surface area contributed by atoms with E-state index in [-0.39, 0.29) is 12.0 Å². The lowest BCUT2D eigenvalue weighted by Crippen LogP contribution is -2.34. The Hall–Kier alpha value is -3.51. The summed E-state index contributed by atoms with van der Waals surface area (Å²) in [5.74, 6) is -2.48. The summed E-state index contributed by atoms with van der Waals surface area (Å²) in [5.41, 5.74) is 0.253. The Kier molecular flexibility index (Phi) is 3.20. The fourth-order valence-electron chi connectivity index (χ4n) is 3.74. The standard InChI is InChI=1S/C21H13NO5/c23-16-10-17(24)22(20(16)25)27-21(26)15-9-7-13-5-4-11-2-1-3-12-6-8-14(15)19(13)18(11)12/h1-9,16,23H,10H2. The predicted molar refractivity (Wildman–Crippen MR) is 98.0 cm³/mol. The Bertz CT molecular complexity index is 1250. The van der Waals surface area contributed by atoms with Crippen LogP contribution in [0.1, 0.15) is 16.8 Å². The van der Waals surface area contributed by atoms with Gasteiger partial charge in [-0.3, -0.25) is 9.59 Å². The number of hydroxylamine groups is 2. The number of aliphatic hydroxyl groups excluding tert-OH is 1. The van der Waals surface area contributed by atoms with Gasteiger partial charge in [-0.05, 0) is 38.4 Å². The first-order valence-electron chi connectivity index (χ1n) is 8.48. The van der Waals surface area contributed by atoms with Crippen LogP contribution in [0.15, 0.2) is 54.6 Å². The molecule has 6 heteroatoms. The third-order valence-electron chi connectivity index (χ3n) is 5.00. The summed E-state index contributed by atoms with van der Waals surface area (Å²) >= 11 is 0. The van der Waals surface area contributed by atoms with E-state index in [4.69, 9.17) is 4.84 Å². The van der Waals surface area contributed by atoms with Crippen molar-refractivity contribution in [2.45, 2.75) is 12.5 Å². The fraction of sp³-hybridized carbons (Fsp3) is 0.0952. The molecule has 0 aliphatic carbocycles. The third kappa shape index (κ3) is 2.20. The number of hydrogen-bond donors (Lipinski definition) is 1. The van der Waals surface area contributed by atoms with Gasteiger partial charge in [-0.25, -0.2) is 4.79 Å². The molecular weight excluding hydrogens is 346 g/mol. The van der Waals surface area contributed by atoms with E-state index in [0.717, 1.165) is 26.9 Å². The highest BCUT2D eigenvalue weighted by molar-refractivity contribution is 6.26. The minimum absolute atomic E-state index is 0.253. The normalized spacial score (nSPS) is 17.5. The smallest absolute Gasteiger partial charge is 0.364 e. The summed E-state index contributed by atoms with van der Waals surface area (Å²) in [4.78, 5) is 41.3. The van der Waals surface area contributed by atoms with Gasteiger partial charge < -0.3 is 9.94 Å². The van der Waals surface area contributed by atoms with Gasteiger partial charge in [-0.2, -0.15) is 0 Å². The molecule has 1 aliphatic rings. The number of hydrogen-bond acceptors (Lipinski definition) is 5. The molecule has 0 bridgehead atoms. The molecule has 5 rings (SSSR count). The second-order valence-electron chi connectivity index (χ2n) is 6.59. The number of imide groups is 1. The van der Waals surface area contributed by atoms with E-state index in [0.29, 0.717) is 10.4 Å². The topological polar surface area (TPSA) is 83.9 Å². The van der Waals surface area contributed by atoms with E-state index in [9.17, 15) is 19.5 Å². The molecule has 1 fully saturated rings. The molecule has 6 nitrogen and oxygen atoms in total. The van der Waals surface area contributed by atoms with Crippen LogP contribution >= 0.6 is 0 Å². The number of benzene rings is 4. The van der Waals surface area contributed by atoms with Gasteiger partial charge >= 0.3 is 5.97 Å². The zero-order valence-electron chi connectivity index (χ0n) is 14.0. The van der Waals surface area contributed by atoms with Gasteiger partial charge in [0.15, 0.2) is 0 Å². The number of rotatable bonds is 2. The van der Waals surface area contributed by atoms with Crippen molar-refractivity contribution in [1.29, 1.82) is 0 Å². The number of carbonyl (C=O) groups is 3. The zero-order valence-corrected chi connectivity index (χ0v) is 14.0. The van der Waals surface area contributed by atoms with Crippen molar-refractivity contribution < 1.29 is 24.3 Å². The van der Waals surface area contributed by atoms with E-state index in [1.165, 1.54) is 0 Å². The van der Waals surface area contributed by atoms with Crippen molar-refractivity contribution >= 4 is 50.1 Å². The number of amides is 2. The third-order valence-corrected chi connectivity index (χ3v) is 5.00. The second kappa shape index (κ2) is 5.49.